The Labute approximate surface area is 217 Å². The van der Waals surface area contributed by atoms with Crippen LogP contribution in [-0.4, -0.2) is 47.2 Å². The summed E-state index contributed by atoms with van der Waals surface area (Å²) < 4.78 is 5.66. The highest BCUT2D eigenvalue weighted by atomic mass is 16.5. The van der Waals surface area contributed by atoms with Crippen molar-refractivity contribution in [3.8, 4) is 11.1 Å². The van der Waals surface area contributed by atoms with Crippen LogP contribution in [0.15, 0.2) is 78.9 Å². The van der Waals surface area contributed by atoms with Gasteiger partial charge in [-0.1, -0.05) is 99.1 Å². The number of nitrogens with zero attached hydrogens (tertiary/aromatic N) is 1. The zero-order valence-corrected chi connectivity index (χ0v) is 21.1. The lowest BCUT2D eigenvalue weighted by Gasteiger charge is -2.30. The molecule has 0 unspecified atom stereocenters. The summed E-state index contributed by atoms with van der Waals surface area (Å²) in [6.45, 7) is 3.57. The van der Waals surface area contributed by atoms with Crippen LogP contribution in [0.4, 0.5) is 4.79 Å². The van der Waals surface area contributed by atoms with Crippen LogP contribution in [0.3, 0.4) is 0 Å². The molecule has 4 rings (SSSR count). The molecule has 3 aromatic rings. The minimum Gasteiger partial charge on any atom is -0.480 e. The number of aliphatic carboxylic acids is 1. The lowest BCUT2D eigenvalue weighted by Crippen LogP contribution is -2.52. The van der Waals surface area contributed by atoms with Crippen molar-refractivity contribution in [2.45, 2.75) is 38.8 Å². The monoisotopic (exact) mass is 500 g/mol. The van der Waals surface area contributed by atoms with Gasteiger partial charge in [0, 0.05) is 12.5 Å². The van der Waals surface area contributed by atoms with E-state index in [0.29, 0.717) is 6.42 Å². The van der Waals surface area contributed by atoms with E-state index in [1.807, 2.05) is 80.6 Å². The van der Waals surface area contributed by atoms with Crippen LogP contribution in [-0.2, 0) is 20.9 Å². The Morgan fingerprint density at radius 3 is 2.05 bits per heavy atom. The molecule has 0 saturated heterocycles. The van der Waals surface area contributed by atoms with Crippen LogP contribution >= 0.6 is 0 Å². The summed E-state index contributed by atoms with van der Waals surface area (Å²) >= 11 is 0. The highest BCUT2D eigenvalue weighted by molar-refractivity contribution is 5.88. The Hall–Kier alpha value is -4.13. The van der Waals surface area contributed by atoms with Crippen molar-refractivity contribution < 1.29 is 24.2 Å². The fourth-order valence-corrected chi connectivity index (χ4v) is 4.83. The topological polar surface area (TPSA) is 95.9 Å². The first-order valence-electron chi connectivity index (χ1n) is 12.5. The fraction of sp³-hybridized carbons (Fsp3) is 0.300. The number of carboxylic acid groups (broad SMARTS) is 1. The molecule has 0 aliphatic heterocycles. The first-order chi connectivity index (χ1) is 17.9. The van der Waals surface area contributed by atoms with E-state index in [-0.39, 0.29) is 25.0 Å². The van der Waals surface area contributed by atoms with Crippen LogP contribution in [0.1, 0.15) is 42.9 Å². The molecule has 0 aromatic heterocycles. The minimum atomic E-state index is -1.12. The molecule has 0 heterocycles. The summed E-state index contributed by atoms with van der Waals surface area (Å²) in [7, 11) is 0. The van der Waals surface area contributed by atoms with Gasteiger partial charge in [0.15, 0.2) is 0 Å². The molecule has 7 nitrogen and oxygen atoms in total. The van der Waals surface area contributed by atoms with E-state index in [2.05, 4.69) is 17.4 Å². The number of benzene rings is 3. The maximum atomic E-state index is 13.5. The molecule has 0 bridgehead atoms. The van der Waals surface area contributed by atoms with E-state index in [9.17, 15) is 19.5 Å². The summed E-state index contributed by atoms with van der Waals surface area (Å²) in [5, 5.41) is 12.2. The molecule has 0 saturated carbocycles. The molecule has 1 aliphatic carbocycles. The summed E-state index contributed by atoms with van der Waals surface area (Å²) in [4.78, 5) is 39.2. The van der Waals surface area contributed by atoms with E-state index in [4.69, 9.17) is 4.74 Å². The molecular formula is C30H32N2O5. The third-order valence-corrected chi connectivity index (χ3v) is 6.95. The second-order valence-electron chi connectivity index (χ2n) is 9.41. The molecule has 0 spiro atoms. The van der Waals surface area contributed by atoms with Crippen molar-refractivity contribution >= 4 is 18.0 Å². The molecule has 1 aliphatic rings. The predicted molar refractivity (Wildman–Crippen MR) is 141 cm³/mol. The lowest BCUT2D eigenvalue weighted by molar-refractivity contribution is -0.146. The van der Waals surface area contributed by atoms with E-state index in [0.717, 1.165) is 27.8 Å². The van der Waals surface area contributed by atoms with E-state index < -0.39 is 30.6 Å². The molecule has 2 amide bonds. The molecule has 2 atom stereocenters. The van der Waals surface area contributed by atoms with Crippen molar-refractivity contribution in [1.82, 2.24) is 10.2 Å². The zero-order valence-electron chi connectivity index (χ0n) is 21.1. The Balaban J connectivity index is 1.47. The Kier molecular flexibility index (Phi) is 8.23. The van der Waals surface area contributed by atoms with Gasteiger partial charge in [0.25, 0.3) is 0 Å². The van der Waals surface area contributed by atoms with Gasteiger partial charge in [-0.15, -0.1) is 0 Å². The number of hydrogen-bond donors (Lipinski definition) is 2. The van der Waals surface area contributed by atoms with Crippen molar-refractivity contribution in [3.05, 3.63) is 95.6 Å². The summed E-state index contributed by atoms with van der Waals surface area (Å²) in [6.07, 6.45) is -0.0812. The predicted octanol–water partition coefficient (Wildman–Crippen LogP) is 5.05. The van der Waals surface area contributed by atoms with Gasteiger partial charge in [0.05, 0.1) is 0 Å². The molecule has 2 N–H and O–H groups in total. The zero-order chi connectivity index (χ0) is 26.4. The lowest BCUT2D eigenvalue weighted by atomic mass is 9.97. The number of ether oxygens (including phenoxy) is 1. The number of carbonyl (C=O) groups is 3. The third kappa shape index (κ3) is 6.00. The van der Waals surface area contributed by atoms with Gasteiger partial charge in [-0.2, -0.15) is 0 Å². The van der Waals surface area contributed by atoms with Gasteiger partial charge >= 0.3 is 12.1 Å². The van der Waals surface area contributed by atoms with E-state index in [1.165, 1.54) is 4.90 Å². The number of carboxylic acids is 1. The van der Waals surface area contributed by atoms with Crippen molar-refractivity contribution in [3.63, 3.8) is 0 Å². The normalized spacial score (nSPS) is 13.7. The van der Waals surface area contributed by atoms with Gasteiger partial charge in [-0.05, 0) is 33.7 Å². The smallest absolute Gasteiger partial charge is 0.407 e. The van der Waals surface area contributed by atoms with Crippen molar-refractivity contribution in [2.24, 2.45) is 5.92 Å². The summed E-state index contributed by atoms with van der Waals surface area (Å²) in [5.74, 6) is -1.89. The van der Waals surface area contributed by atoms with Crippen LogP contribution in [0.5, 0.6) is 0 Å². The van der Waals surface area contributed by atoms with Crippen LogP contribution < -0.4 is 5.32 Å². The van der Waals surface area contributed by atoms with Gasteiger partial charge in [-0.3, -0.25) is 9.59 Å². The van der Waals surface area contributed by atoms with Crippen molar-refractivity contribution in [2.75, 3.05) is 13.2 Å². The standard InChI is InChI=1S/C30H32N2O5/c1-3-20(2)28(29(35)32(18-27(33)34)17-21-11-5-4-6-12-21)31-30(36)37-19-26-24-15-9-7-13-22(24)23-14-8-10-16-25(23)26/h4-16,20,26,28H,3,17-19H2,1-2H3,(H,31,36)(H,33,34)/t20-,28-/m0/s1. The van der Waals surface area contributed by atoms with Crippen LogP contribution in [0.2, 0.25) is 0 Å². The quantitative estimate of drug-likeness (QED) is 0.406. The third-order valence-electron chi connectivity index (χ3n) is 6.95. The Morgan fingerprint density at radius 1 is 0.919 bits per heavy atom. The number of rotatable bonds is 10. The Bertz CT molecular complexity index is 1210. The van der Waals surface area contributed by atoms with Gasteiger partial charge < -0.3 is 20.1 Å². The maximum absolute atomic E-state index is 13.5. The van der Waals surface area contributed by atoms with Crippen LogP contribution in [0, 0.1) is 5.92 Å². The highest BCUT2D eigenvalue weighted by Gasteiger charge is 2.33. The number of amides is 2. The molecule has 0 fully saturated rings. The largest absolute Gasteiger partial charge is 0.480 e. The summed E-state index contributed by atoms with van der Waals surface area (Å²) in [6, 6.07) is 24.4. The highest BCUT2D eigenvalue weighted by Crippen LogP contribution is 2.44. The SMILES string of the molecule is CC[C@H](C)[C@H](NC(=O)OCC1c2ccccc2-c2ccccc21)C(=O)N(CC(=O)O)Cc1ccccc1. The first kappa shape index (κ1) is 25.9. The molecule has 7 heteroatoms. The molecule has 192 valence electrons. The summed E-state index contributed by atoms with van der Waals surface area (Å²) in [5.41, 5.74) is 5.26. The second-order valence-corrected chi connectivity index (χ2v) is 9.41. The Morgan fingerprint density at radius 2 is 1.49 bits per heavy atom. The van der Waals surface area contributed by atoms with Gasteiger partial charge in [0.1, 0.15) is 19.2 Å². The number of nitrogens with one attached hydrogen (secondary N) is 1. The molecule has 3 aromatic carbocycles. The second kappa shape index (κ2) is 11.7. The fourth-order valence-electron chi connectivity index (χ4n) is 4.83. The van der Waals surface area contributed by atoms with Gasteiger partial charge in [0.2, 0.25) is 5.91 Å². The van der Waals surface area contributed by atoms with Crippen molar-refractivity contribution in [1.29, 1.82) is 0 Å². The van der Waals surface area contributed by atoms with E-state index in [1.54, 1.807) is 0 Å². The number of hydrogen-bond acceptors (Lipinski definition) is 4. The average Bonchev–Trinajstić information content (AvgIpc) is 3.23. The molecular weight excluding hydrogens is 468 g/mol. The molecule has 0 radical (unpaired) electrons. The first-order valence-corrected chi connectivity index (χ1v) is 12.5. The number of fused-ring (bicyclic) bond motifs is 3. The van der Waals surface area contributed by atoms with E-state index >= 15 is 0 Å². The van der Waals surface area contributed by atoms with Gasteiger partial charge in [-0.25, -0.2) is 4.79 Å². The van der Waals surface area contributed by atoms with Crippen LogP contribution in [0.25, 0.3) is 11.1 Å². The number of alkyl carbamates (subject to hydrolysis) is 1. The maximum Gasteiger partial charge on any atom is 0.407 e. The average molecular weight is 501 g/mol. The minimum absolute atomic E-state index is 0.0995. The number of carbonyl (C=O) groups excluding carboxylic acids is 2. The molecule has 37 heavy (non-hydrogen) atoms.